The molecule has 0 amide bonds. The molecule has 0 aliphatic carbocycles. The van der Waals surface area contributed by atoms with Crippen molar-refractivity contribution in [1.82, 2.24) is 10.7 Å². The number of nitrogens with one attached hydrogen (secondary N) is 2. The molecule has 1 aromatic rings. The lowest BCUT2D eigenvalue weighted by molar-refractivity contribution is 0.414. The van der Waals surface area contributed by atoms with Crippen LogP contribution in [0.4, 0.5) is 0 Å². The van der Waals surface area contributed by atoms with Crippen LogP contribution in [0.25, 0.3) is 0 Å². The maximum absolute atomic E-state index is 5.24. The summed E-state index contributed by atoms with van der Waals surface area (Å²) in [4.78, 5) is 3.91. The van der Waals surface area contributed by atoms with Gasteiger partial charge in [0.1, 0.15) is 5.75 Å². The van der Waals surface area contributed by atoms with E-state index in [9.17, 15) is 0 Å². The molecule has 0 bridgehead atoms. The zero-order chi connectivity index (χ0) is 11.8. The number of hydrogen-bond acceptors (Lipinski definition) is 3. The number of hydrogen-bond donors (Lipinski definition) is 3. The van der Waals surface area contributed by atoms with Crippen LogP contribution in [-0.2, 0) is 6.42 Å². The predicted octanol–water partition coefficient (Wildman–Crippen LogP) is 0.276. The number of guanidine groups is 1. The Morgan fingerprint density at radius 2 is 2.06 bits per heavy atom. The van der Waals surface area contributed by atoms with Crippen LogP contribution < -0.4 is 21.3 Å². The van der Waals surface area contributed by atoms with Crippen molar-refractivity contribution in [3.63, 3.8) is 0 Å². The Kier molecular flexibility index (Phi) is 5.15. The standard InChI is InChI=1S/C11H18N4O/c1-13-11(15-12)14-8-7-9-3-5-10(16-2)6-4-9/h3-6H,7-8,12H2,1-2H3,(H2,13,14,15). The maximum Gasteiger partial charge on any atom is 0.205 e. The molecule has 0 radical (unpaired) electrons. The van der Waals surface area contributed by atoms with E-state index in [-0.39, 0.29) is 0 Å². The lowest BCUT2D eigenvalue weighted by atomic mass is 10.1. The first kappa shape index (κ1) is 12.3. The Morgan fingerprint density at radius 3 is 2.56 bits per heavy atom. The zero-order valence-electron chi connectivity index (χ0n) is 9.66. The molecule has 88 valence electrons. The molecule has 0 fully saturated rings. The first-order valence-corrected chi connectivity index (χ1v) is 5.10. The highest BCUT2D eigenvalue weighted by Gasteiger charge is 1.96. The van der Waals surface area contributed by atoms with Crippen LogP contribution in [0.15, 0.2) is 29.3 Å². The second kappa shape index (κ2) is 6.68. The van der Waals surface area contributed by atoms with E-state index in [1.807, 2.05) is 24.3 Å². The molecule has 5 heteroatoms. The normalized spacial score (nSPS) is 11.1. The number of hydrazine groups is 1. The third-order valence-corrected chi connectivity index (χ3v) is 2.23. The SMILES string of the molecule is CN=C(NN)NCCc1ccc(OC)cc1. The number of aliphatic imine (C=N–C) groups is 1. The lowest BCUT2D eigenvalue weighted by Crippen LogP contribution is -2.42. The highest BCUT2D eigenvalue weighted by Crippen LogP contribution is 2.11. The first-order valence-electron chi connectivity index (χ1n) is 5.10. The van der Waals surface area contributed by atoms with Crippen LogP contribution in [0.2, 0.25) is 0 Å². The monoisotopic (exact) mass is 222 g/mol. The Hall–Kier alpha value is -1.75. The molecular weight excluding hydrogens is 204 g/mol. The van der Waals surface area contributed by atoms with Crippen LogP contribution in [0.1, 0.15) is 5.56 Å². The van der Waals surface area contributed by atoms with Crippen molar-refractivity contribution in [2.45, 2.75) is 6.42 Å². The van der Waals surface area contributed by atoms with Crippen molar-refractivity contribution in [3.8, 4) is 5.75 Å². The highest BCUT2D eigenvalue weighted by molar-refractivity contribution is 5.78. The first-order chi connectivity index (χ1) is 7.80. The molecule has 1 rings (SSSR count). The van der Waals surface area contributed by atoms with Gasteiger partial charge in [0, 0.05) is 13.6 Å². The molecule has 0 heterocycles. The number of nitrogens with zero attached hydrogens (tertiary/aromatic N) is 1. The van der Waals surface area contributed by atoms with Crippen LogP contribution in [0, 0.1) is 0 Å². The van der Waals surface area contributed by atoms with Gasteiger partial charge in [-0.2, -0.15) is 0 Å². The number of ether oxygens (including phenoxy) is 1. The van der Waals surface area contributed by atoms with Gasteiger partial charge in [0.25, 0.3) is 0 Å². The van der Waals surface area contributed by atoms with Gasteiger partial charge in [-0.3, -0.25) is 10.4 Å². The fraction of sp³-hybridized carbons (Fsp3) is 0.364. The predicted molar refractivity (Wildman–Crippen MR) is 65.4 cm³/mol. The summed E-state index contributed by atoms with van der Waals surface area (Å²) in [5, 5.41) is 3.08. The van der Waals surface area contributed by atoms with Gasteiger partial charge < -0.3 is 10.1 Å². The van der Waals surface area contributed by atoms with Gasteiger partial charge in [-0.15, -0.1) is 0 Å². The van der Waals surface area contributed by atoms with Gasteiger partial charge in [0.05, 0.1) is 7.11 Å². The summed E-state index contributed by atoms with van der Waals surface area (Å²) in [6, 6.07) is 7.98. The average molecular weight is 222 g/mol. The fourth-order valence-electron chi connectivity index (χ4n) is 1.31. The Morgan fingerprint density at radius 1 is 1.38 bits per heavy atom. The molecule has 0 saturated heterocycles. The van der Waals surface area contributed by atoms with Gasteiger partial charge in [-0.1, -0.05) is 12.1 Å². The lowest BCUT2D eigenvalue weighted by Gasteiger charge is -2.08. The fourth-order valence-corrected chi connectivity index (χ4v) is 1.31. The summed E-state index contributed by atoms with van der Waals surface area (Å²) in [6.07, 6.45) is 0.907. The van der Waals surface area contributed by atoms with E-state index in [0.29, 0.717) is 5.96 Å². The second-order valence-electron chi connectivity index (χ2n) is 3.24. The third kappa shape index (κ3) is 3.78. The summed E-state index contributed by atoms with van der Waals surface area (Å²) in [7, 11) is 3.34. The minimum absolute atomic E-state index is 0.591. The number of benzene rings is 1. The summed E-state index contributed by atoms with van der Waals surface area (Å²) in [6.45, 7) is 0.781. The molecule has 0 atom stereocenters. The Bertz CT molecular complexity index is 334. The Labute approximate surface area is 95.7 Å². The molecule has 4 N–H and O–H groups in total. The molecule has 0 aliphatic heterocycles. The van der Waals surface area contributed by atoms with E-state index in [1.54, 1.807) is 14.2 Å². The quantitative estimate of drug-likeness (QED) is 0.296. The van der Waals surface area contributed by atoms with Gasteiger partial charge >= 0.3 is 0 Å². The molecule has 0 spiro atoms. The van der Waals surface area contributed by atoms with Crippen LogP contribution >= 0.6 is 0 Å². The van der Waals surface area contributed by atoms with E-state index in [0.717, 1.165) is 18.7 Å². The highest BCUT2D eigenvalue weighted by atomic mass is 16.5. The number of rotatable bonds is 4. The smallest absolute Gasteiger partial charge is 0.205 e. The summed E-state index contributed by atoms with van der Waals surface area (Å²) >= 11 is 0. The van der Waals surface area contributed by atoms with E-state index >= 15 is 0 Å². The molecule has 0 aromatic heterocycles. The van der Waals surface area contributed by atoms with Crippen LogP contribution in [0.3, 0.4) is 0 Å². The molecule has 0 saturated carbocycles. The van der Waals surface area contributed by atoms with Gasteiger partial charge in [0.15, 0.2) is 0 Å². The maximum atomic E-state index is 5.24. The number of methoxy groups -OCH3 is 1. The topological polar surface area (TPSA) is 71.7 Å². The summed E-state index contributed by atoms with van der Waals surface area (Å²) in [5.74, 6) is 6.70. The van der Waals surface area contributed by atoms with Gasteiger partial charge in [-0.05, 0) is 24.1 Å². The summed E-state index contributed by atoms with van der Waals surface area (Å²) < 4.78 is 5.09. The molecule has 16 heavy (non-hydrogen) atoms. The largest absolute Gasteiger partial charge is 0.497 e. The van der Waals surface area contributed by atoms with E-state index < -0.39 is 0 Å². The molecule has 5 nitrogen and oxygen atoms in total. The van der Waals surface area contributed by atoms with Crippen molar-refractivity contribution >= 4 is 5.96 Å². The van der Waals surface area contributed by atoms with E-state index in [2.05, 4.69) is 15.7 Å². The molecule has 0 aliphatic rings. The van der Waals surface area contributed by atoms with E-state index in [4.69, 9.17) is 10.6 Å². The third-order valence-electron chi connectivity index (χ3n) is 2.23. The average Bonchev–Trinajstić information content (AvgIpc) is 2.35. The van der Waals surface area contributed by atoms with E-state index in [1.165, 1.54) is 5.56 Å². The van der Waals surface area contributed by atoms with Crippen molar-refractivity contribution in [2.75, 3.05) is 20.7 Å². The zero-order valence-corrected chi connectivity index (χ0v) is 9.66. The van der Waals surface area contributed by atoms with Crippen molar-refractivity contribution < 1.29 is 4.74 Å². The van der Waals surface area contributed by atoms with Gasteiger partial charge in [-0.25, -0.2) is 5.84 Å². The minimum Gasteiger partial charge on any atom is -0.497 e. The molecule has 1 aromatic carbocycles. The van der Waals surface area contributed by atoms with Gasteiger partial charge in [0.2, 0.25) is 5.96 Å². The second-order valence-corrected chi connectivity index (χ2v) is 3.24. The number of nitrogens with two attached hydrogens (primary N) is 1. The van der Waals surface area contributed by atoms with Crippen LogP contribution in [0.5, 0.6) is 5.75 Å². The van der Waals surface area contributed by atoms with Crippen molar-refractivity contribution in [1.29, 1.82) is 0 Å². The minimum atomic E-state index is 0.591. The Balaban J connectivity index is 2.37. The summed E-state index contributed by atoms with van der Waals surface area (Å²) in [5.41, 5.74) is 3.71. The van der Waals surface area contributed by atoms with Crippen molar-refractivity contribution in [3.05, 3.63) is 29.8 Å². The molecule has 0 unspecified atom stereocenters. The molecular formula is C11H18N4O. The van der Waals surface area contributed by atoms with Crippen LogP contribution in [-0.4, -0.2) is 26.7 Å². The van der Waals surface area contributed by atoms with Crippen molar-refractivity contribution in [2.24, 2.45) is 10.8 Å².